The summed E-state index contributed by atoms with van der Waals surface area (Å²) in [5, 5.41) is 4.23. The number of nitrogens with zero attached hydrogens (tertiary/aromatic N) is 1. The number of carbonyl (C=O) groups excluding carboxylic acids is 1. The van der Waals surface area contributed by atoms with Gasteiger partial charge in [0.25, 0.3) is 5.91 Å². The van der Waals surface area contributed by atoms with Gasteiger partial charge in [0.1, 0.15) is 22.7 Å². The molecule has 2 heterocycles. The third kappa shape index (κ3) is 3.17. The second kappa shape index (κ2) is 7.31. The van der Waals surface area contributed by atoms with Crippen LogP contribution in [0.3, 0.4) is 0 Å². The van der Waals surface area contributed by atoms with Crippen LogP contribution in [0.5, 0.6) is 5.75 Å². The van der Waals surface area contributed by atoms with Crippen molar-refractivity contribution in [3.8, 4) is 5.75 Å². The fourth-order valence-corrected chi connectivity index (χ4v) is 3.17. The van der Waals surface area contributed by atoms with Gasteiger partial charge in [-0.2, -0.15) is 0 Å². The minimum Gasteiger partial charge on any atom is -0.491 e. The number of carbonyl (C=O) groups is 1. The second-order valence-corrected chi connectivity index (χ2v) is 6.51. The molecule has 0 unspecified atom stereocenters. The number of benzene rings is 2. The van der Waals surface area contributed by atoms with Crippen LogP contribution >= 0.6 is 0 Å². The second-order valence-electron chi connectivity index (χ2n) is 6.51. The Morgan fingerprint density at radius 1 is 1.21 bits per heavy atom. The van der Waals surface area contributed by atoms with Crippen molar-refractivity contribution < 1.29 is 18.3 Å². The molecule has 0 atom stereocenters. The van der Waals surface area contributed by atoms with E-state index in [9.17, 15) is 9.18 Å². The molecule has 1 amide bonds. The van der Waals surface area contributed by atoms with Crippen LogP contribution in [-0.4, -0.2) is 17.5 Å². The summed E-state index contributed by atoms with van der Waals surface area (Å²) >= 11 is 0. The van der Waals surface area contributed by atoms with E-state index in [2.05, 4.69) is 10.3 Å². The van der Waals surface area contributed by atoms with Gasteiger partial charge in [0.05, 0.1) is 12.3 Å². The van der Waals surface area contributed by atoms with Gasteiger partial charge < -0.3 is 14.5 Å². The Labute approximate surface area is 161 Å². The molecule has 0 aliphatic carbocycles. The molecule has 0 aliphatic rings. The lowest BCUT2D eigenvalue weighted by Crippen LogP contribution is -2.12. The van der Waals surface area contributed by atoms with Crippen LogP contribution in [0.25, 0.3) is 21.9 Å². The lowest BCUT2D eigenvalue weighted by atomic mass is 10.1. The van der Waals surface area contributed by atoms with Crippen molar-refractivity contribution in [1.82, 2.24) is 4.98 Å². The van der Waals surface area contributed by atoms with Crippen LogP contribution in [-0.2, 0) is 0 Å². The molecular formula is C22H19FN2O3. The molecule has 6 heteroatoms. The fraction of sp³-hybridized carbons (Fsp3) is 0.182. The Balaban J connectivity index is 1.70. The molecule has 0 aliphatic heterocycles. The van der Waals surface area contributed by atoms with Gasteiger partial charge in [-0.05, 0) is 55.8 Å². The molecule has 0 radical (unpaired) electrons. The van der Waals surface area contributed by atoms with Gasteiger partial charge in [-0.25, -0.2) is 4.39 Å². The van der Waals surface area contributed by atoms with Crippen LogP contribution in [0.2, 0.25) is 0 Å². The van der Waals surface area contributed by atoms with Crippen LogP contribution in [0.1, 0.15) is 29.5 Å². The van der Waals surface area contributed by atoms with Gasteiger partial charge in [-0.3, -0.25) is 9.78 Å². The summed E-state index contributed by atoms with van der Waals surface area (Å²) in [6.45, 7) is 4.36. The molecular weight excluding hydrogens is 359 g/mol. The fourth-order valence-electron chi connectivity index (χ4n) is 3.17. The van der Waals surface area contributed by atoms with Gasteiger partial charge in [0.15, 0.2) is 5.76 Å². The summed E-state index contributed by atoms with van der Waals surface area (Å²) in [7, 11) is 0. The molecule has 0 saturated carbocycles. The summed E-state index contributed by atoms with van der Waals surface area (Å²) in [4.78, 5) is 17.2. The van der Waals surface area contributed by atoms with E-state index in [-0.39, 0.29) is 11.6 Å². The zero-order chi connectivity index (χ0) is 19.7. The number of ether oxygens (including phenoxy) is 1. The van der Waals surface area contributed by atoms with E-state index in [1.165, 1.54) is 18.2 Å². The minimum absolute atomic E-state index is 0.156. The number of rotatable bonds is 5. The lowest BCUT2D eigenvalue weighted by molar-refractivity contribution is 0.0998. The number of fused-ring (bicyclic) bond motifs is 2. The van der Waals surface area contributed by atoms with E-state index in [1.54, 1.807) is 31.3 Å². The van der Waals surface area contributed by atoms with E-state index >= 15 is 0 Å². The van der Waals surface area contributed by atoms with Crippen molar-refractivity contribution in [3.63, 3.8) is 0 Å². The molecule has 4 rings (SSSR count). The molecule has 2 aromatic carbocycles. The van der Waals surface area contributed by atoms with Crippen molar-refractivity contribution in [2.75, 3.05) is 11.9 Å². The number of aromatic nitrogens is 1. The molecule has 5 nitrogen and oxygen atoms in total. The van der Waals surface area contributed by atoms with E-state index in [0.717, 1.165) is 11.8 Å². The van der Waals surface area contributed by atoms with Crippen molar-refractivity contribution in [3.05, 3.63) is 65.8 Å². The first-order chi connectivity index (χ1) is 13.6. The Morgan fingerprint density at radius 3 is 2.89 bits per heavy atom. The molecule has 4 aromatic rings. The van der Waals surface area contributed by atoms with Gasteiger partial charge in [0, 0.05) is 22.5 Å². The third-order valence-electron chi connectivity index (χ3n) is 4.55. The quantitative estimate of drug-likeness (QED) is 0.500. The number of nitrogens with one attached hydrogen (secondary N) is 1. The Bertz CT molecular complexity index is 1180. The summed E-state index contributed by atoms with van der Waals surface area (Å²) in [6.07, 6.45) is 2.57. The minimum atomic E-state index is -0.401. The average molecular weight is 378 g/mol. The first-order valence-electron chi connectivity index (χ1n) is 9.09. The van der Waals surface area contributed by atoms with Crippen LogP contribution in [0.15, 0.2) is 53.1 Å². The van der Waals surface area contributed by atoms with Gasteiger partial charge in [-0.15, -0.1) is 0 Å². The average Bonchev–Trinajstić information content (AvgIpc) is 3.03. The number of anilines is 1. The lowest BCUT2D eigenvalue weighted by Gasteiger charge is -2.12. The molecule has 0 spiro atoms. The number of pyridine rings is 1. The molecule has 28 heavy (non-hydrogen) atoms. The van der Waals surface area contributed by atoms with Crippen LogP contribution < -0.4 is 10.1 Å². The third-order valence-corrected chi connectivity index (χ3v) is 4.55. The number of hydrogen-bond acceptors (Lipinski definition) is 4. The van der Waals surface area contributed by atoms with E-state index < -0.39 is 5.91 Å². The van der Waals surface area contributed by atoms with Gasteiger partial charge in [-0.1, -0.05) is 6.92 Å². The molecule has 0 bridgehead atoms. The van der Waals surface area contributed by atoms with Crippen LogP contribution in [0.4, 0.5) is 10.1 Å². The smallest absolute Gasteiger partial charge is 0.291 e. The summed E-state index contributed by atoms with van der Waals surface area (Å²) < 4.78 is 24.9. The van der Waals surface area contributed by atoms with Crippen molar-refractivity contribution >= 4 is 33.5 Å². The highest BCUT2D eigenvalue weighted by molar-refractivity contribution is 6.10. The maximum atomic E-state index is 13.5. The van der Waals surface area contributed by atoms with Crippen molar-refractivity contribution in [2.24, 2.45) is 0 Å². The zero-order valence-electron chi connectivity index (χ0n) is 15.6. The summed E-state index contributed by atoms with van der Waals surface area (Å²) in [5.74, 6) is 0.0550. The predicted octanol–water partition coefficient (Wildman–Crippen LogP) is 5.47. The maximum Gasteiger partial charge on any atom is 0.291 e. The van der Waals surface area contributed by atoms with Crippen LogP contribution in [0, 0.1) is 12.7 Å². The SMILES string of the molecule is CCCOc1ccc(NC(=O)c2oc3ccc(F)cc3c2C)c2cccnc12. The highest BCUT2D eigenvalue weighted by Gasteiger charge is 2.19. The molecule has 142 valence electrons. The Morgan fingerprint density at radius 2 is 2.07 bits per heavy atom. The van der Waals surface area contributed by atoms with Crippen molar-refractivity contribution in [2.45, 2.75) is 20.3 Å². The first kappa shape index (κ1) is 18.0. The predicted molar refractivity (Wildman–Crippen MR) is 106 cm³/mol. The first-order valence-corrected chi connectivity index (χ1v) is 9.09. The van der Waals surface area contributed by atoms with E-state index in [1.807, 2.05) is 13.0 Å². The summed E-state index contributed by atoms with van der Waals surface area (Å²) in [5.41, 5.74) is 2.34. The van der Waals surface area contributed by atoms with Gasteiger partial charge in [0.2, 0.25) is 0 Å². The zero-order valence-corrected chi connectivity index (χ0v) is 15.6. The molecule has 2 aromatic heterocycles. The molecule has 0 saturated heterocycles. The standard InChI is InChI=1S/C22H19FN2O3/c1-3-11-27-19-9-7-17(15-5-4-10-24-20(15)19)25-22(26)21-13(2)16-12-14(23)6-8-18(16)28-21/h4-10,12H,3,11H2,1-2H3,(H,25,26). The number of furan rings is 1. The van der Waals surface area contributed by atoms with E-state index in [4.69, 9.17) is 9.15 Å². The highest BCUT2D eigenvalue weighted by Crippen LogP contribution is 2.31. The Hall–Kier alpha value is -3.41. The maximum absolute atomic E-state index is 13.5. The van der Waals surface area contributed by atoms with Gasteiger partial charge >= 0.3 is 0 Å². The number of amides is 1. The Kier molecular flexibility index (Phi) is 4.69. The summed E-state index contributed by atoms with van der Waals surface area (Å²) in [6, 6.07) is 11.4. The normalized spacial score (nSPS) is 11.1. The monoisotopic (exact) mass is 378 g/mol. The molecule has 0 fully saturated rings. The number of hydrogen-bond donors (Lipinski definition) is 1. The number of aryl methyl sites for hydroxylation is 1. The molecule has 1 N–H and O–H groups in total. The largest absolute Gasteiger partial charge is 0.491 e. The topological polar surface area (TPSA) is 64.4 Å². The highest BCUT2D eigenvalue weighted by atomic mass is 19.1. The number of halogens is 1. The van der Waals surface area contributed by atoms with E-state index in [0.29, 0.717) is 40.1 Å². The van der Waals surface area contributed by atoms with Crippen molar-refractivity contribution in [1.29, 1.82) is 0 Å².